The van der Waals surface area contributed by atoms with Crippen LogP contribution in [0.25, 0.3) is 0 Å². The number of rotatable bonds is 4. The first-order chi connectivity index (χ1) is 8.77. The molecule has 2 N–H and O–H groups in total. The van der Waals surface area contributed by atoms with E-state index in [0.717, 1.165) is 0 Å². The second-order valence-corrected chi connectivity index (χ2v) is 5.29. The van der Waals surface area contributed by atoms with E-state index in [0.29, 0.717) is 5.56 Å². The first kappa shape index (κ1) is 15.5. The van der Waals surface area contributed by atoms with E-state index in [1.54, 1.807) is 20.9 Å². The molecule has 0 aliphatic carbocycles. The molecule has 0 saturated carbocycles. The predicted molar refractivity (Wildman–Crippen MR) is 73.8 cm³/mol. The lowest BCUT2D eigenvalue weighted by Crippen LogP contribution is -2.43. The van der Waals surface area contributed by atoms with E-state index in [2.05, 4.69) is 23.3 Å². The number of hydrogen-bond donors (Lipinski definition) is 3. The minimum Gasteiger partial charge on any atom is -0.359 e. The van der Waals surface area contributed by atoms with E-state index < -0.39 is 11.2 Å². The Balaban J connectivity index is 2.70. The van der Waals surface area contributed by atoms with E-state index in [1.807, 2.05) is 0 Å². The Morgan fingerprint density at radius 3 is 2.53 bits per heavy atom. The fourth-order valence-electron chi connectivity index (χ4n) is 1.48. The molecule has 0 aliphatic heterocycles. The molecule has 104 valence electrons. The van der Waals surface area contributed by atoms with E-state index >= 15 is 0 Å². The summed E-state index contributed by atoms with van der Waals surface area (Å²) in [5.74, 6) is -1.01. The van der Waals surface area contributed by atoms with Gasteiger partial charge in [0.1, 0.15) is 5.82 Å². The molecule has 6 heteroatoms. The van der Waals surface area contributed by atoms with Gasteiger partial charge in [-0.25, -0.2) is 4.39 Å². The molecular formula is C13H17FN2O2S. The summed E-state index contributed by atoms with van der Waals surface area (Å²) in [5.41, 5.74) is -0.409. The second kappa shape index (κ2) is 6.06. The molecule has 0 aliphatic rings. The summed E-state index contributed by atoms with van der Waals surface area (Å²) in [6.45, 7) is 3.63. The van der Waals surface area contributed by atoms with Crippen LogP contribution in [0, 0.1) is 11.2 Å². The lowest BCUT2D eigenvalue weighted by atomic mass is 9.92. The van der Waals surface area contributed by atoms with Crippen LogP contribution < -0.4 is 10.6 Å². The minimum atomic E-state index is -0.714. The van der Waals surface area contributed by atoms with Crippen LogP contribution in [0.5, 0.6) is 0 Å². The minimum absolute atomic E-state index is 0.109. The summed E-state index contributed by atoms with van der Waals surface area (Å²) in [6.07, 6.45) is 0. The van der Waals surface area contributed by atoms with Crippen LogP contribution in [-0.2, 0) is 4.79 Å². The third kappa shape index (κ3) is 3.96. The molecule has 0 aromatic heterocycles. The summed E-state index contributed by atoms with van der Waals surface area (Å²) in [4.78, 5) is 23.5. The van der Waals surface area contributed by atoms with Gasteiger partial charge in [-0.3, -0.25) is 9.59 Å². The van der Waals surface area contributed by atoms with E-state index in [9.17, 15) is 14.0 Å². The van der Waals surface area contributed by atoms with Gasteiger partial charge in [0, 0.05) is 24.1 Å². The molecule has 4 nitrogen and oxygen atoms in total. The SMILES string of the molecule is CNC(=O)C(C)(C)CNC(=O)c1ccc(F)c(S)c1. The fourth-order valence-corrected chi connectivity index (χ4v) is 1.69. The number of thiol groups is 1. The van der Waals surface area contributed by atoms with Crippen molar-refractivity contribution in [1.29, 1.82) is 0 Å². The Bertz CT molecular complexity index is 503. The third-order valence-corrected chi connectivity index (χ3v) is 3.08. The van der Waals surface area contributed by atoms with Crippen LogP contribution in [0.1, 0.15) is 24.2 Å². The molecule has 0 fully saturated rings. The highest BCUT2D eigenvalue weighted by molar-refractivity contribution is 7.80. The molecule has 0 radical (unpaired) electrons. The average Bonchev–Trinajstić information content (AvgIpc) is 2.38. The predicted octanol–water partition coefficient (Wildman–Crippen LogP) is 1.62. The maximum Gasteiger partial charge on any atom is 0.251 e. The monoisotopic (exact) mass is 284 g/mol. The Morgan fingerprint density at radius 2 is 2.00 bits per heavy atom. The summed E-state index contributed by atoms with van der Waals surface area (Å²) in [5, 5.41) is 5.18. The van der Waals surface area contributed by atoms with Crippen LogP contribution in [-0.4, -0.2) is 25.4 Å². The molecule has 1 rings (SSSR count). The zero-order valence-corrected chi connectivity index (χ0v) is 12.0. The molecule has 0 unspecified atom stereocenters. The standard InChI is InChI=1S/C13H17FN2O2S/c1-13(2,12(18)15-3)7-16-11(17)8-4-5-9(14)10(19)6-8/h4-6,19H,7H2,1-3H3,(H,15,18)(H,16,17). The van der Waals surface area contributed by atoms with Crippen LogP contribution >= 0.6 is 12.6 Å². The van der Waals surface area contributed by atoms with Crippen LogP contribution in [0.4, 0.5) is 4.39 Å². The number of benzene rings is 1. The van der Waals surface area contributed by atoms with Gasteiger partial charge >= 0.3 is 0 Å². The van der Waals surface area contributed by atoms with E-state index in [-0.39, 0.29) is 23.3 Å². The van der Waals surface area contributed by atoms with Gasteiger partial charge in [0.2, 0.25) is 5.91 Å². The van der Waals surface area contributed by atoms with Crippen molar-refractivity contribution in [3.8, 4) is 0 Å². The molecule has 0 atom stereocenters. The summed E-state index contributed by atoms with van der Waals surface area (Å²) < 4.78 is 13.0. The van der Waals surface area contributed by atoms with Crippen molar-refractivity contribution in [2.75, 3.05) is 13.6 Å². The molecule has 0 saturated heterocycles. The third-order valence-electron chi connectivity index (χ3n) is 2.74. The summed E-state index contributed by atoms with van der Waals surface area (Å²) >= 11 is 3.92. The van der Waals surface area contributed by atoms with Gasteiger partial charge in [0.15, 0.2) is 0 Å². The van der Waals surface area contributed by atoms with Crippen LogP contribution in [0.3, 0.4) is 0 Å². The highest BCUT2D eigenvalue weighted by atomic mass is 32.1. The normalized spacial score (nSPS) is 11.0. The van der Waals surface area contributed by atoms with E-state index in [1.165, 1.54) is 18.2 Å². The number of nitrogens with one attached hydrogen (secondary N) is 2. The molecule has 0 bridgehead atoms. The zero-order valence-electron chi connectivity index (χ0n) is 11.1. The number of carbonyl (C=O) groups is 2. The lowest BCUT2D eigenvalue weighted by molar-refractivity contribution is -0.128. The van der Waals surface area contributed by atoms with Gasteiger partial charge in [-0.1, -0.05) is 0 Å². The molecule has 0 heterocycles. The fraction of sp³-hybridized carbons (Fsp3) is 0.385. The Hall–Kier alpha value is -1.56. The largest absolute Gasteiger partial charge is 0.359 e. The van der Waals surface area contributed by atoms with Crippen molar-refractivity contribution >= 4 is 24.4 Å². The van der Waals surface area contributed by atoms with E-state index in [4.69, 9.17) is 0 Å². The second-order valence-electron chi connectivity index (χ2n) is 4.81. The van der Waals surface area contributed by atoms with Crippen LogP contribution in [0.2, 0.25) is 0 Å². The smallest absolute Gasteiger partial charge is 0.251 e. The number of carbonyl (C=O) groups excluding carboxylic acids is 2. The van der Waals surface area contributed by atoms with Crippen molar-refractivity contribution in [2.45, 2.75) is 18.7 Å². The van der Waals surface area contributed by atoms with Gasteiger partial charge in [0.25, 0.3) is 5.91 Å². The molecule has 19 heavy (non-hydrogen) atoms. The van der Waals surface area contributed by atoms with Gasteiger partial charge in [-0.2, -0.15) is 0 Å². The quantitative estimate of drug-likeness (QED) is 0.736. The topological polar surface area (TPSA) is 58.2 Å². The van der Waals surface area contributed by atoms with Crippen molar-refractivity contribution in [1.82, 2.24) is 10.6 Å². The first-order valence-electron chi connectivity index (χ1n) is 5.77. The van der Waals surface area contributed by atoms with Crippen molar-refractivity contribution in [3.63, 3.8) is 0 Å². The maximum absolute atomic E-state index is 13.0. The van der Waals surface area contributed by atoms with Crippen molar-refractivity contribution in [2.24, 2.45) is 5.41 Å². The highest BCUT2D eigenvalue weighted by Gasteiger charge is 2.27. The maximum atomic E-state index is 13.0. The van der Waals surface area contributed by atoms with Crippen molar-refractivity contribution < 1.29 is 14.0 Å². The van der Waals surface area contributed by atoms with Crippen LogP contribution in [0.15, 0.2) is 23.1 Å². The van der Waals surface area contributed by atoms with Gasteiger partial charge < -0.3 is 10.6 Å². The molecule has 1 aromatic rings. The summed E-state index contributed by atoms with van der Waals surface area (Å²) in [6, 6.07) is 3.90. The Kier molecular flexibility index (Phi) is 4.94. The highest BCUT2D eigenvalue weighted by Crippen LogP contribution is 2.16. The number of amides is 2. The van der Waals surface area contributed by atoms with Gasteiger partial charge in [-0.05, 0) is 32.0 Å². The number of halogens is 1. The van der Waals surface area contributed by atoms with Gasteiger partial charge in [0.05, 0.1) is 5.41 Å². The molecule has 1 aromatic carbocycles. The number of hydrogen-bond acceptors (Lipinski definition) is 3. The summed E-state index contributed by atoms with van der Waals surface area (Å²) in [7, 11) is 1.54. The molecule has 0 spiro atoms. The lowest BCUT2D eigenvalue weighted by Gasteiger charge is -2.22. The van der Waals surface area contributed by atoms with Gasteiger partial charge in [-0.15, -0.1) is 12.6 Å². The first-order valence-corrected chi connectivity index (χ1v) is 6.21. The zero-order chi connectivity index (χ0) is 14.6. The Morgan fingerprint density at radius 1 is 1.37 bits per heavy atom. The molecular weight excluding hydrogens is 267 g/mol. The molecule has 2 amide bonds. The average molecular weight is 284 g/mol. The Labute approximate surface area is 117 Å². The van der Waals surface area contributed by atoms with Crippen molar-refractivity contribution in [3.05, 3.63) is 29.6 Å².